The molecule has 18 heteroatoms. The fraction of sp³-hybridized carbons (Fsp3) is 0.160. The van der Waals surface area contributed by atoms with Gasteiger partial charge in [0, 0.05) is 42.0 Å². The maximum atomic E-state index is 13.8. The van der Waals surface area contributed by atoms with Crippen molar-refractivity contribution in [1.82, 2.24) is 24.5 Å². The number of fused-ring (bicyclic) bond motifs is 1. The third kappa shape index (κ3) is 5.71. The lowest BCUT2D eigenvalue weighted by Crippen LogP contribution is -2.18. The number of hydrogen-bond acceptors (Lipinski definition) is 9. The Morgan fingerprint density at radius 2 is 1.98 bits per heavy atom. The molecule has 0 spiro atoms. The summed E-state index contributed by atoms with van der Waals surface area (Å²) >= 11 is 6.64. The Morgan fingerprint density at radius 1 is 1.23 bits per heavy atom. The lowest BCUT2D eigenvalue weighted by Gasteiger charge is -2.12. The minimum Gasteiger partial charge on any atom is -0.470 e. The second kappa shape index (κ2) is 11.0. The number of nitrogens with zero attached hydrogens (tertiary/aromatic N) is 6. The minimum atomic E-state index is -4.80. The van der Waals surface area contributed by atoms with Gasteiger partial charge in [-0.15, -0.1) is 11.3 Å². The quantitative estimate of drug-likeness (QED) is 0.174. The molecule has 5 aromatic rings. The van der Waals surface area contributed by atoms with Crippen molar-refractivity contribution in [3.8, 4) is 16.9 Å². The number of thiophene rings is 1. The smallest absolute Gasteiger partial charge is 0.433 e. The molecule has 2 amide bonds. The highest BCUT2D eigenvalue weighted by Crippen LogP contribution is 2.44. The number of carbonyl (C=O) groups excluding carboxylic acids is 2. The van der Waals surface area contributed by atoms with E-state index < -0.39 is 28.6 Å². The van der Waals surface area contributed by atoms with Gasteiger partial charge < -0.3 is 15.8 Å². The van der Waals surface area contributed by atoms with Gasteiger partial charge in [0.15, 0.2) is 12.4 Å². The summed E-state index contributed by atoms with van der Waals surface area (Å²) in [6.07, 6.45) is -2.03. The van der Waals surface area contributed by atoms with E-state index in [1.54, 1.807) is 14.0 Å². The molecule has 4 heterocycles. The van der Waals surface area contributed by atoms with Gasteiger partial charge in [-0.05, 0) is 30.7 Å². The molecule has 0 aliphatic heterocycles. The van der Waals surface area contributed by atoms with Crippen molar-refractivity contribution in [2.24, 2.45) is 12.8 Å². The number of aromatic nitrogens is 5. The SMILES string of the molecule is Cc1c(-c2cc(C(F)(F)F)nc3sc(C(N)=O)c(NC(=O)c4ccn(COc5ccc([N+](=O)[O-])cc5Cl)n4)c23)cnn1C. The number of alkyl halides is 3. The van der Waals surface area contributed by atoms with Crippen molar-refractivity contribution in [3.63, 3.8) is 0 Å². The van der Waals surface area contributed by atoms with Crippen LogP contribution >= 0.6 is 22.9 Å². The van der Waals surface area contributed by atoms with Crippen molar-refractivity contribution >= 4 is 56.3 Å². The molecule has 0 radical (unpaired) electrons. The average Bonchev–Trinajstić information content (AvgIpc) is 3.65. The topological polar surface area (TPSA) is 173 Å². The Bertz CT molecular complexity index is 1930. The van der Waals surface area contributed by atoms with Gasteiger partial charge in [0.05, 0.1) is 21.8 Å². The number of halogens is 4. The van der Waals surface area contributed by atoms with E-state index in [0.29, 0.717) is 22.6 Å². The number of nitrogens with two attached hydrogens (primary N) is 1. The van der Waals surface area contributed by atoms with E-state index >= 15 is 0 Å². The molecule has 0 saturated carbocycles. The van der Waals surface area contributed by atoms with Crippen LogP contribution in [0.2, 0.25) is 5.02 Å². The molecule has 0 saturated heterocycles. The number of carbonyl (C=O) groups is 2. The lowest BCUT2D eigenvalue weighted by atomic mass is 10.0. The van der Waals surface area contributed by atoms with Gasteiger partial charge in [-0.25, -0.2) is 9.67 Å². The first-order valence-corrected chi connectivity index (χ1v) is 13.2. The number of anilines is 1. The zero-order valence-electron chi connectivity index (χ0n) is 22.0. The summed E-state index contributed by atoms with van der Waals surface area (Å²) in [7, 11) is 1.61. The van der Waals surface area contributed by atoms with Gasteiger partial charge in [-0.1, -0.05) is 11.6 Å². The Morgan fingerprint density at radius 3 is 2.58 bits per heavy atom. The zero-order chi connectivity index (χ0) is 31.2. The number of non-ortho nitro benzene ring substituents is 1. The van der Waals surface area contributed by atoms with Crippen LogP contribution in [0.4, 0.5) is 24.5 Å². The first-order valence-electron chi connectivity index (χ1n) is 12.0. The van der Waals surface area contributed by atoms with E-state index in [1.165, 1.54) is 40.0 Å². The van der Waals surface area contributed by atoms with Crippen LogP contribution in [0.25, 0.3) is 21.3 Å². The molecule has 4 aromatic heterocycles. The van der Waals surface area contributed by atoms with E-state index in [1.807, 2.05) is 0 Å². The molecule has 13 nitrogen and oxygen atoms in total. The first-order chi connectivity index (χ1) is 20.2. The second-order valence-corrected chi connectivity index (χ2v) is 10.4. The number of primary amides is 1. The molecule has 1 aromatic carbocycles. The van der Waals surface area contributed by atoms with E-state index in [-0.39, 0.29) is 55.2 Å². The predicted molar refractivity (Wildman–Crippen MR) is 149 cm³/mol. The Kier molecular flexibility index (Phi) is 7.53. The Balaban J connectivity index is 1.49. The van der Waals surface area contributed by atoms with E-state index in [9.17, 15) is 32.9 Å². The van der Waals surface area contributed by atoms with Gasteiger partial charge in [-0.2, -0.15) is 23.4 Å². The first kappa shape index (κ1) is 29.5. The minimum absolute atomic E-state index is 0.00964. The van der Waals surface area contributed by atoms with Crippen LogP contribution in [0.3, 0.4) is 0 Å². The fourth-order valence-electron chi connectivity index (χ4n) is 4.10. The number of rotatable bonds is 8. The molecule has 0 atom stereocenters. The molecule has 0 unspecified atom stereocenters. The van der Waals surface area contributed by atoms with Gasteiger partial charge in [-0.3, -0.25) is 24.4 Å². The van der Waals surface area contributed by atoms with E-state index in [4.69, 9.17) is 22.1 Å². The maximum Gasteiger partial charge on any atom is 0.433 e. The third-order valence-electron chi connectivity index (χ3n) is 6.29. The number of nitrogens with one attached hydrogen (secondary N) is 1. The molecule has 0 aliphatic carbocycles. The summed E-state index contributed by atoms with van der Waals surface area (Å²) in [4.78, 5) is 39.2. The van der Waals surface area contributed by atoms with Crippen molar-refractivity contribution < 1.29 is 32.4 Å². The number of amides is 2. The third-order valence-corrected chi connectivity index (χ3v) is 7.69. The number of pyridine rings is 1. The average molecular weight is 635 g/mol. The fourth-order valence-corrected chi connectivity index (χ4v) is 5.34. The monoisotopic (exact) mass is 634 g/mol. The molecule has 0 bridgehead atoms. The number of aryl methyl sites for hydroxylation is 1. The number of hydrogen-bond donors (Lipinski definition) is 2. The van der Waals surface area contributed by atoms with Crippen molar-refractivity contribution in [2.45, 2.75) is 19.8 Å². The van der Waals surface area contributed by atoms with Crippen LogP contribution in [0.5, 0.6) is 5.75 Å². The molecule has 3 N–H and O–H groups in total. The number of nitro benzene ring substituents is 1. The van der Waals surface area contributed by atoms with Crippen molar-refractivity contribution in [1.29, 1.82) is 0 Å². The number of ether oxygens (including phenoxy) is 1. The molecule has 5 rings (SSSR count). The molecule has 0 aliphatic rings. The van der Waals surface area contributed by atoms with Gasteiger partial charge >= 0.3 is 6.18 Å². The van der Waals surface area contributed by atoms with E-state index in [0.717, 1.165) is 12.1 Å². The molecule has 0 fully saturated rings. The summed E-state index contributed by atoms with van der Waals surface area (Å²) in [5.41, 5.74) is 4.77. The lowest BCUT2D eigenvalue weighted by molar-refractivity contribution is -0.384. The van der Waals surface area contributed by atoms with Gasteiger partial charge in [0.1, 0.15) is 21.2 Å². The number of benzene rings is 1. The highest BCUT2D eigenvalue weighted by molar-refractivity contribution is 7.21. The Labute approximate surface area is 247 Å². The van der Waals surface area contributed by atoms with Crippen LogP contribution < -0.4 is 15.8 Å². The van der Waals surface area contributed by atoms with Crippen LogP contribution in [-0.4, -0.2) is 41.3 Å². The summed E-state index contributed by atoms with van der Waals surface area (Å²) in [6.45, 7) is 1.42. The highest BCUT2D eigenvalue weighted by Gasteiger charge is 2.35. The van der Waals surface area contributed by atoms with Gasteiger partial charge in [0.2, 0.25) is 0 Å². The zero-order valence-corrected chi connectivity index (χ0v) is 23.5. The molecule has 222 valence electrons. The van der Waals surface area contributed by atoms with Crippen LogP contribution in [0.1, 0.15) is 31.5 Å². The summed E-state index contributed by atoms with van der Waals surface area (Å²) < 4.78 is 49.5. The summed E-state index contributed by atoms with van der Waals surface area (Å²) in [5, 5.41) is 21.7. The van der Waals surface area contributed by atoms with Crippen LogP contribution in [0.15, 0.2) is 42.7 Å². The van der Waals surface area contributed by atoms with Gasteiger partial charge in [0.25, 0.3) is 17.5 Å². The van der Waals surface area contributed by atoms with Crippen LogP contribution in [0, 0.1) is 17.0 Å². The second-order valence-electron chi connectivity index (χ2n) is 9.01. The summed E-state index contributed by atoms with van der Waals surface area (Å²) in [6, 6.07) is 5.80. The normalized spacial score (nSPS) is 11.6. The molecule has 43 heavy (non-hydrogen) atoms. The van der Waals surface area contributed by atoms with Crippen LogP contribution in [-0.2, 0) is 20.0 Å². The largest absolute Gasteiger partial charge is 0.470 e. The standard InChI is InChI=1S/C25H18ClF3N8O5S/c1-11-14(9-31-35(11)2)13-8-18(25(27,28)29)32-24-19(13)20(21(43-24)22(30)38)33-23(39)16-5-6-36(34-16)10-42-17-4-3-12(37(40)41)7-15(17)26/h3-9H,10H2,1-2H3,(H2,30,38)(H,33,39). The highest BCUT2D eigenvalue weighted by atomic mass is 35.5. The maximum absolute atomic E-state index is 13.8. The summed E-state index contributed by atoms with van der Waals surface area (Å²) in [5.74, 6) is -1.66. The number of nitro groups is 1. The molecular weight excluding hydrogens is 617 g/mol. The Hall–Kier alpha value is -5.03. The van der Waals surface area contributed by atoms with Crippen molar-refractivity contribution in [2.75, 3.05) is 5.32 Å². The molecular formula is C25H18ClF3N8O5S. The van der Waals surface area contributed by atoms with E-state index in [2.05, 4.69) is 20.5 Å². The van der Waals surface area contributed by atoms with Crippen molar-refractivity contribution in [3.05, 3.63) is 79.8 Å². The predicted octanol–water partition coefficient (Wildman–Crippen LogP) is 5.17.